The Morgan fingerprint density at radius 1 is 1.13 bits per heavy atom. The van der Waals surface area contributed by atoms with E-state index < -0.39 is 12.1 Å². The predicted molar refractivity (Wildman–Crippen MR) is 148 cm³/mol. The fourth-order valence-corrected chi connectivity index (χ4v) is 5.83. The Bertz CT molecular complexity index is 1280. The van der Waals surface area contributed by atoms with E-state index >= 15 is 0 Å². The number of ether oxygens (including phenoxy) is 2. The third-order valence-electron chi connectivity index (χ3n) is 7.79. The topological polar surface area (TPSA) is 83.7 Å². The highest BCUT2D eigenvalue weighted by molar-refractivity contribution is 5.92. The summed E-state index contributed by atoms with van der Waals surface area (Å²) in [5.41, 5.74) is 2.86. The molecule has 0 bridgehead atoms. The zero-order valence-corrected chi connectivity index (χ0v) is 22.7. The van der Waals surface area contributed by atoms with E-state index in [1.165, 1.54) is 6.42 Å². The predicted octanol–water partition coefficient (Wildman–Crippen LogP) is 5.54. The van der Waals surface area contributed by atoms with Crippen molar-refractivity contribution in [3.8, 4) is 11.5 Å². The van der Waals surface area contributed by atoms with Gasteiger partial charge in [0.15, 0.2) is 17.6 Å². The summed E-state index contributed by atoms with van der Waals surface area (Å²) in [5.74, 6) is 0.673. The van der Waals surface area contributed by atoms with Crippen molar-refractivity contribution in [2.24, 2.45) is 5.92 Å². The summed E-state index contributed by atoms with van der Waals surface area (Å²) in [4.78, 5) is 33.2. The minimum Gasteiger partial charge on any atom is -0.490 e. The molecule has 3 aromatic rings. The van der Waals surface area contributed by atoms with Gasteiger partial charge in [-0.15, -0.1) is 0 Å². The largest absolute Gasteiger partial charge is 0.490 e. The van der Waals surface area contributed by atoms with Crippen LogP contribution in [-0.4, -0.2) is 47.0 Å². The highest BCUT2D eigenvalue weighted by atomic mass is 16.5. The number of benzene rings is 2. The van der Waals surface area contributed by atoms with Gasteiger partial charge in [0.2, 0.25) is 5.91 Å². The molecule has 38 heavy (non-hydrogen) atoms. The van der Waals surface area contributed by atoms with E-state index in [0.717, 1.165) is 42.1 Å². The van der Waals surface area contributed by atoms with Crippen molar-refractivity contribution < 1.29 is 19.1 Å². The third-order valence-corrected chi connectivity index (χ3v) is 7.79. The molecule has 1 aliphatic carbocycles. The minimum absolute atomic E-state index is 0.0826. The van der Waals surface area contributed by atoms with Crippen LogP contribution < -0.4 is 14.8 Å². The van der Waals surface area contributed by atoms with Gasteiger partial charge < -0.3 is 24.7 Å². The van der Waals surface area contributed by atoms with Gasteiger partial charge in [-0.2, -0.15) is 0 Å². The first-order chi connectivity index (χ1) is 18.5. The maximum Gasteiger partial charge on any atom is 0.264 e. The van der Waals surface area contributed by atoms with Crippen molar-refractivity contribution in [1.82, 2.24) is 15.2 Å². The lowest BCUT2D eigenvalue weighted by atomic mass is 9.94. The molecule has 0 spiro atoms. The summed E-state index contributed by atoms with van der Waals surface area (Å²) in [7, 11) is 0. The first-order valence-electron chi connectivity index (χ1n) is 14.1. The molecule has 7 heteroatoms. The lowest BCUT2D eigenvalue weighted by molar-refractivity contribution is -0.146. The Morgan fingerprint density at radius 3 is 2.68 bits per heavy atom. The second kappa shape index (κ2) is 11.5. The molecule has 1 fully saturated rings. The molecule has 7 nitrogen and oxygen atoms in total. The van der Waals surface area contributed by atoms with Crippen molar-refractivity contribution >= 4 is 22.7 Å². The van der Waals surface area contributed by atoms with E-state index in [4.69, 9.17) is 9.47 Å². The van der Waals surface area contributed by atoms with Crippen LogP contribution in [0.2, 0.25) is 0 Å². The Morgan fingerprint density at radius 2 is 1.92 bits per heavy atom. The van der Waals surface area contributed by atoms with E-state index in [9.17, 15) is 9.59 Å². The summed E-state index contributed by atoms with van der Waals surface area (Å²) < 4.78 is 12.3. The summed E-state index contributed by atoms with van der Waals surface area (Å²) >= 11 is 0. The number of nitrogens with one attached hydrogen (secondary N) is 2. The lowest BCUT2D eigenvalue weighted by Gasteiger charge is -2.33. The van der Waals surface area contributed by atoms with Crippen LogP contribution in [-0.2, 0) is 16.0 Å². The molecular weight excluding hydrogens is 478 g/mol. The van der Waals surface area contributed by atoms with Gasteiger partial charge in [-0.05, 0) is 49.8 Å². The van der Waals surface area contributed by atoms with E-state index in [0.29, 0.717) is 36.6 Å². The molecular formula is C31H39N3O4. The number of H-pyrrole nitrogens is 1. The Labute approximate surface area is 224 Å². The van der Waals surface area contributed by atoms with Gasteiger partial charge in [0, 0.05) is 35.2 Å². The molecule has 2 N–H and O–H groups in total. The Hall–Kier alpha value is -3.48. The van der Waals surface area contributed by atoms with Crippen LogP contribution in [0.5, 0.6) is 11.5 Å². The van der Waals surface area contributed by atoms with E-state index in [1.807, 2.05) is 63.4 Å². The molecule has 2 aliphatic rings. The SMILES string of the molecule is CCOc1cccc2c1OC(C(C)C)C(=O)N(CCc1c[nH]c3ccccc13)C2C(=O)NC1CCCCC1. The smallest absolute Gasteiger partial charge is 0.264 e. The molecule has 202 valence electrons. The number of nitrogens with zero attached hydrogens (tertiary/aromatic N) is 1. The van der Waals surface area contributed by atoms with E-state index in [2.05, 4.69) is 16.4 Å². The van der Waals surface area contributed by atoms with Crippen LogP contribution >= 0.6 is 0 Å². The Kier molecular flexibility index (Phi) is 7.91. The first kappa shape index (κ1) is 26.1. The zero-order valence-electron chi connectivity index (χ0n) is 22.7. The fraction of sp³-hybridized carbons (Fsp3) is 0.484. The van der Waals surface area contributed by atoms with Crippen LogP contribution in [0.4, 0.5) is 0 Å². The maximum absolute atomic E-state index is 14.1. The van der Waals surface area contributed by atoms with Crippen molar-refractivity contribution in [2.45, 2.75) is 77.5 Å². The van der Waals surface area contributed by atoms with Crippen molar-refractivity contribution in [2.75, 3.05) is 13.2 Å². The van der Waals surface area contributed by atoms with Gasteiger partial charge in [-0.3, -0.25) is 9.59 Å². The van der Waals surface area contributed by atoms with Crippen LogP contribution in [0.25, 0.3) is 10.9 Å². The average molecular weight is 518 g/mol. The second-order valence-electron chi connectivity index (χ2n) is 10.8. The normalized spacial score (nSPS) is 20.2. The van der Waals surface area contributed by atoms with Crippen molar-refractivity contribution in [3.05, 3.63) is 59.8 Å². The maximum atomic E-state index is 14.1. The number of carbonyl (C=O) groups excluding carboxylic acids is 2. The molecule has 2 aromatic carbocycles. The van der Waals surface area contributed by atoms with Crippen molar-refractivity contribution in [1.29, 1.82) is 0 Å². The molecule has 1 aliphatic heterocycles. The number of carbonyl (C=O) groups is 2. The first-order valence-corrected chi connectivity index (χ1v) is 14.1. The molecule has 5 rings (SSSR count). The summed E-state index contributed by atoms with van der Waals surface area (Å²) in [6.45, 7) is 6.73. The van der Waals surface area contributed by atoms with Gasteiger partial charge >= 0.3 is 0 Å². The zero-order chi connectivity index (χ0) is 26.6. The monoisotopic (exact) mass is 517 g/mol. The summed E-state index contributed by atoms with van der Waals surface area (Å²) in [5, 5.41) is 4.42. The third kappa shape index (κ3) is 5.24. The molecule has 1 saturated carbocycles. The quantitative estimate of drug-likeness (QED) is 0.411. The highest BCUT2D eigenvalue weighted by Gasteiger charge is 2.43. The number of amides is 2. The number of para-hydroxylation sites is 2. The molecule has 0 saturated heterocycles. The number of rotatable bonds is 8. The van der Waals surface area contributed by atoms with Gasteiger partial charge in [0.05, 0.1) is 6.61 Å². The van der Waals surface area contributed by atoms with E-state index in [1.54, 1.807) is 4.90 Å². The van der Waals surface area contributed by atoms with Crippen LogP contribution in [0, 0.1) is 5.92 Å². The summed E-state index contributed by atoms with van der Waals surface area (Å²) in [6.07, 6.45) is 7.28. The van der Waals surface area contributed by atoms with Gasteiger partial charge in [-0.1, -0.05) is 63.4 Å². The second-order valence-corrected chi connectivity index (χ2v) is 10.8. The molecule has 1 aromatic heterocycles. The fourth-order valence-electron chi connectivity index (χ4n) is 5.83. The van der Waals surface area contributed by atoms with Gasteiger partial charge in [0.25, 0.3) is 5.91 Å². The van der Waals surface area contributed by atoms with Crippen LogP contribution in [0.15, 0.2) is 48.7 Å². The van der Waals surface area contributed by atoms with Gasteiger partial charge in [0.1, 0.15) is 6.04 Å². The number of fused-ring (bicyclic) bond motifs is 2. The molecule has 2 atom stereocenters. The number of aromatic nitrogens is 1. The standard InChI is InChI=1S/C31H39N3O4/c1-4-37-26-16-10-14-24-27(30(35)33-22-11-6-5-7-12-22)34(31(36)28(20(2)3)38-29(24)26)18-17-21-19-32-25-15-9-8-13-23(21)25/h8-10,13-16,19-20,22,27-28,32H,4-7,11-12,17-18H2,1-3H3,(H,33,35). The number of aromatic amines is 1. The van der Waals surface area contributed by atoms with Crippen LogP contribution in [0.1, 0.15) is 70.0 Å². The van der Waals surface area contributed by atoms with Crippen LogP contribution in [0.3, 0.4) is 0 Å². The van der Waals surface area contributed by atoms with E-state index in [-0.39, 0.29) is 23.8 Å². The molecule has 2 amide bonds. The lowest BCUT2D eigenvalue weighted by Crippen LogP contribution is -2.50. The highest BCUT2D eigenvalue weighted by Crippen LogP contribution is 2.42. The summed E-state index contributed by atoms with van der Waals surface area (Å²) in [6, 6.07) is 13.1. The van der Waals surface area contributed by atoms with Gasteiger partial charge in [-0.25, -0.2) is 0 Å². The molecule has 0 radical (unpaired) electrons. The number of hydrogen-bond acceptors (Lipinski definition) is 4. The molecule has 2 heterocycles. The molecule has 2 unspecified atom stereocenters. The minimum atomic E-state index is -0.797. The number of hydrogen-bond donors (Lipinski definition) is 2. The average Bonchev–Trinajstić information content (AvgIpc) is 3.28. The van der Waals surface area contributed by atoms with Crippen molar-refractivity contribution in [3.63, 3.8) is 0 Å². The Balaban J connectivity index is 1.54.